The Morgan fingerprint density at radius 1 is 1.73 bits per heavy atom. The van der Waals surface area contributed by atoms with Crippen LogP contribution in [0.4, 0.5) is 0 Å². The van der Waals surface area contributed by atoms with Crippen molar-refractivity contribution in [2.24, 2.45) is 5.11 Å². The maximum Gasteiger partial charge on any atom is 0.337 e. The van der Waals surface area contributed by atoms with Gasteiger partial charge >= 0.3 is 5.97 Å². The van der Waals surface area contributed by atoms with E-state index in [-0.39, 0.29) is 12.6 Å². The first-order valence-electron chi connectivity index (χ1n) is 4.61. The zero-order valence-corrected chi connectivity index (χ0v) is 8.37. The summed E-state index contributed by atoms with van der Waals surface area (Å²) >= 11 is 0. The van der Waals surface area contributed by atoms with Gasteiger partial charge in [0.2, 0.25) is 0 Å². The fourth-order valence-corrected chi connectivity index (χ4v) is 1.46. The lowest BCUT2D eigenvalue weighted by atomic mass is 10.0. The predicted molar refractivity (Wildman–Crippen MR) is 49.9 cm³/mol. The van der Waals surface area contributed by atoms with Gasteiger partial charge in [-0.25, -0.2) is 4.79 Å². The van der Waals surface area contributed by atoms with Crippen molar-refractivity contribution in [1.29, 1.82) is 0 Å². The number of esters is 1. The van der Waals surface area contributed by atoms with Gasteiger partial charge in [0, 0.05) is 4.91 Å². The summed E-state index contributed by atoms with van der Waals surface area (Å²) in [5, 5.41) is 12.8. The maximum absolute atomic E-state index is 11.2. The number of ether oxygens (including phenoxy) is 2. The molecule has 1 saturated heterocycles. The summed E-state index contributed by atoms with van der Waals surface area (Å²) in [4.78, 5) is 13.8. The highest BCUT2D eigenvalue weighted by atomic mass is 16.6. The molecule has 0 aromatic heterocycles. The molecule has 3 atom stereocenters. The number of nitrogens with zero attached hydrogens (tertiary/aromatic N) is 3. The smallest absolute Gasteiger partial charge is 0.337 e. The van der Waals surface area contributed by atoms with Gasteiger partial charge in [-0.15, -0.1) is 0 Å². The molecule has 0 bridgehead atoms. The Morgan fingerprint density at radius 3 is 3.07 bits per heavy atom. The van der Waals surface area contributed by atoms with E-state index in [1.54, 1.807) is 0 Å². The standard InChI is InChI=1S/C8H13N3O4/c1-14-8(13)7-6(12)3-2-5(15-7)4-10-11-9/h5-7,12H,2-4H2,1H3/t5-,6+,7+/m1/s1. The molecule has 1 aliphatic heterocycles. The molecule has 1 heterocycles. The fourth-order valence-electron chi connectivity index (χ4n) is 1.46. The summed E-state index contributed by atoms with van der Waals surface area (Å²) in [5.74, 6) is -0.604. The van der Waals surface area contributed by atoms with Crippen LogP contribution in [0.1, 0.15) is 12.8 Å². The number of rotatable bonds is 3. The largest absolute Gasteiger partial charge is 0.467 e. The van der Waals surface area contributed by atoms with E-state index in [9.17, 15) is 9.90 Å². The highest BCUT2D eigenvalue weighted by Gasteiger charge is 2.35. The molecule has 0 aromatic carbocycles. The minimum absolute atomic E-state index is 0.163. The van der Waals surface area contributed by atoms with E-state index in [1.165, 1.54) is 7.11 Å². The van der Waals surface area contributed by atoms with E-state index in [0.717, 1.165) is 0 Å². The Morgan fingerprint density at radius 2 is 2.47 bits per heavy atom. The van der Waals surface area contributed by atoms with Gasteiger partial charge in [0.15, 0.2) is 6.10 Å². The summed E-state index contributed by atoms with van der Waals surface area (Å²) in [6, 6.07) is 0. The van der Waals surface area contributed by atoms with Crippen molar-refractivity contribution in [3.63, 3.8) is 0 Å². The lowest BCUT2D eigenvalue weighted by Gasteiger charge is -2.31. The molecule has 0 unspecified atom stereocenters. The molecule has 0 radical (unpaired) electrons. The molecule has 15 heavy (non-hydrogen) atoms. The number of aliphatic hydroxyl groups is 1. The molecule has 7 heteroatoms. The normalized spacial score (nSPS) is 30.4. The van der Waals surface area contributed by atoms with Crippen LogP contribution < -0.4 is 0 Å². The van der Waals surface area contributed by atoms with E-state index >= 15 is 0 Å². The first-order valence-corrected chi connectivity index (χ1v) is 4.61. The Hall–Kier alpha value is -1.30. The molecule has 0 amide bonds. The third-order valence-corrected chi connectivity index (χ3v) is 2.25. The van der Waals surface area contributed by atoms with Crippen molar-refractivity contribution in [3.05, 3.63) is 10.4 Å². The number of carbonyl (C=O) groups excluding carboxylic acids is 1. The molecule has 0 saturated carbocycles. The van der Waals surface area contributed by atoms with Gasteiger partial charge in [-0.3, -0.25) is 0 Å². The SMILES string of the molecule is COC(=O)[C@H]1O[C@@H](CN=[N+]=[N-])CC[C@@H]1O. The number of hydrogen-bond acceptors (Lipinski definition) is 5. The van der Waals surface area contributed by atoms with E-state index in [2.05, 4.69) is 14.8 Å². The summed E-state index contributed by atoms with van der Waals surface area (Å²) < 4.78 is 9.75. The van der Waals surface area contributed by atoms with Crippen LogP contribution in [0.25, 0.3) is 10.4 Å². The molecule has 1 aliphatic rings. The van der Waals surface area contributed by atoms with Crippen molar-refractivity contribution in [2.75, 3.05) is 13.7 Å². The lowest BCUT2D eigenvalue weighted by molar-refractivity contribution is -0.176. The van der Waals surface area contributed by atoms with E-state index in [1.807, 2.05) is 0 Å². The summed E-state index contributed by atoms with van der Waals surface area (Å²) in [6.45, 7) is 0.163. The fraction of sp³-hybridized carbons (Fsp3) is 0.875. The van der Waals surface area contributed by atoms with Crippen LogP contribution in [0.3, 0.4) is 0 Å². The number of azide groups is 1. The van der Waals surface area contributed by atoms with Crippen LogP contribution in [0, 0.1) is 0 Å². The highest BCUT2D eigenvalue weighted by Crippen LogP contribution is 2.20. The minimum atomic E-state index is -0.970. The van der Waals surface area contributed by atoms with Crippen LogP contribution in [-0.2, 0) is 14.3 Å². The molecule has 84 valence electrons. The first-order chi connectivity index (χ1) is 7.19. The maximum atomic E-state index is 11.2. The quantitative estimate of drug-likeness (QED) is 0.318. The Kier molecular flexibility index (Phi) is 4.36. The second-order valence-corrected chi connectivity index (χ2v) is 3.26. The summed E-state index contributed by atoms with van der Waals surface area (Å²) in [7, 11) is 1.23. The number of aliphatic hydroxyl groups excluding tert-OH is 1. The van der Waals surface area contributed by atoms with Crippen LogP contribution in [-0.4, -0.2) is 43.0 Å². The van der Waals surface area contributed by atoms with E-state index in [4.69, 9.17) is 10.3 Å². The predicted octanol–water partition coefficient (Wildman–Crippen LogP) is 0.378. The van der Waals surface area contributed by atoms with Crippen molar-refractivity contribution in [1.82, 2.24) is 0 Å². The van der Waals surface area contributed by atoms with Crippen LogP contribution in [0.15, 0.2) is 5.11 Å². The van der Waals surface area contributed by atoms with Crippen molar-refractivity contribution in [3.8, 4) is 0 Å². The Bertz CT molecular complexity index is 277. The van der Waals surface area contributed by atoms with Crippen LogP contribution >= 0.6 is 0 Å². The van der Waals surface area contributed by atoms with Crippen LogP contribution in [0.2, 0.25) is 0 Å². The van der Waals surface area contributed by atoms with Gasteiger partial charge in [-0.2, -0.15) is 0 Å². The number of carbonyl (C=O) groups is 1. The zero-order chi connectivity index (χ0) is 11.3. The molecule has 1 rings (SSSR count). The molecule has 1 N–H and O–H groups in total. The van der Waals surface area contributed by atoms with Gasteiger partial charge in [-0.05, 0) is 18.4 Å². The summed E-state index contributed by atoms with van der Waals surface area (Å²) in [5.41, 5.74) is 8.13. The third-order valence-electron chi connectivity index (χ3n) is 2.25. The van der Waals surface area contributed by atoms with E-state index < -0.39 is 18.2 Å². The molecular formula is C8H13N3O4. The zero-order valence-electron chi connectivity index (χ0n) is 8.37. The van der Waals surface area contributed by atoms with Crippen molar-refractivity contribution < 1.29 is 19.4 Å². The minimum Gasteiger partial charge on any atom is -0.467 e. The monoisotopic (exact) mass is 215 g/mol. The van der Waals surface area contributed by atoms with Crippen molar-refractivity contribution >= 4 is 5.97 Å². The number of hydrogen-bond donors (Lipinski definition) is 1. The molecule has 0 aromatic rings. The second-order valence-electron chi connectivity index (χ2n) is 3.26. The van der Waals surface area contributed by atoms with Gasteiger partial charge in [0.05, 0.1) is 25.9 Å². The second kappa shape index (κ2) is 5.55. The van der Waals surface area contributed by atoms with Gasteiger partial charge in [0.1, 0.15) is 0 Å². The third kappa shape index (κ3) is 3.09. The highest BCUT2D eigenvalue weighted by molar-refractivity contribution is 5.75. The van der Waals surface area contributed by atoms with Crippen LogP contribution in [0.5, 0.6) is 0 Å². The van der Waals surface area contributed by atoms with Gasteiger partial charge in [-0.1, -0.05) is 5.11 Å². The topological polar surface area (TPSA) is 105 Å². The first kappa shape index (κ1) is 11.8. The molecule has 0 aliphatic carbocycles. The van der Waals surface area contributed by atoms with Crippen molar-refractivity contribution in [2.45, 2.75) is 31.2 Å². The molecule has 7 nitrogen and oxygen atoms in total. The molecule has 1 fully saturated rings. The molecular weight excluding hydrogens is 202 g/mol. The van der Waals surface area contributed by atoms with E-state index in [0.29, 0.717) is 12.8 Å². The van der Waals surface area contributed by atoms with Gasteiger partial charge < -0.3 is 14.6 Å². The Labute approximate surface area is 86.6 Å². The Balaban J connectivity index is 2.55. The van der Waals surface area contributed by atoms with Gasteiger partial charge in [0.25, 0.3) is 0 Å². The lowest BCUT2D eigenvalue weighted by Crippen LogP contribution is -2.45. The average molecular weight is 215 g/mol. The number of methoxy groups -OCH3 is 1. The average Bonchev–Trinajstić information content (AvgIpc) is 2.27. The summed E-state index contributed by atoms with van der Waals surface area (Å²) in [6.07, 6.45) is -1.14. The molecule has 0 spiro atoms.